The van der Waals surface area contributed by atoms with Crippen LogP contribution in [0.1, 0.15) is 24.5 Å². The van der Waals surface area contributed by atoms with Crippen molar-refractivity contribution >= 4 is 5.91 Å². The number of piperidine rings is 1. The average Bonchev–Trinajstić information content (AvgIpc) is 2.63. The summed E-state index contributed by atoms with van der Waals surface area (Å²) in [7, 11) is 1.51. The molecule has 1 aliphatic heterocycles. The van der Waals surface area contributed by atoms with E-state index in [1.54, 1.807) is 29.4 Å². The first kappa shape index (κ1) is 17.3. The highest BCUT2D eigenvalue weighted by molar-refractivity contribution is 5.77. The molecule has 1 aromatic carbocycles. The van der Waals surface area contributed by atoms with Crippen LogP contribution in [0.5, 0.6) is 11.6 Å². The van der Waals surface area contributed by atoms with Gasteiger partial charge in [0.1, 0.15) is 23.9 Å². The molecule has 0 spiro atoms. The van der Waals surface area contributed by atoms with Gasteiger partial charge in [0.2, 0.25) is 11.8 Å². The van der Waals surface area contributed by atoms with Crippen LogP contribution in [0.3, 0.4) is 0 Å². The number of benzene rings is 1. The predicted octanol–water partition coefficient (Wildman–Crippen LogP) is 2.76. The van der Waals surface area contributed by atoms with Crippen molar-refractivity contribution < 1.29 is 18.7 Å². The fourth-order valence-electron chi connectivity index (χ4n) is 2.95. The molecule has 1 aliphatic rings. The molecule has 1 amide bonds. The Bertz CT molecular complexity index is 733. The first-order chi connectivity index (χ1) is 12.2. The molecular formula is C18H20FN3O3. The summed E-state index contributed by atoms with van der Waals surface area (Å²) in [5.41, 5.74) is 0.741. The van der Waals surface area contributed by atoms with Gasteiger partial charge in [-0.3, -0.25) is 9.78 Å². The van der Waals surface area contributed by atoms with E-state index in [1.165, 1.54) is 19.2 Å². The van der Waals surface area contributed by atoms with Crippen LogP contribution in [0, 0.1) is 5.82 Å². The Balaban J connectivity index is 1.70. The maximum atomic E-state index is 13.3. The number of nitrogens with zero attached hydrogens (tertiary/aromatic N) is 3. The van der Waals surface area contributed by atoms with E-state index in [0.717, 1.165) is 18.5 Å². The molecule has 25 heavy (non-hydrogen) atoms. The number of hydrogen-bond donors (Lipinski definition) is 0. The zero-order chi connectivity index (χ0) is 17.6. The summed E-state index contributed by atoms with van der Waals surface area (Å²) < 4.78 is 24.0. The minimum Gasteiger partial charge on any atom is -0.437 e. The molecule has 1 fully saturated rings. The largest absolute Gasteiger partial charge is 0.437 e. The molecule has 0 N–H and O–H groups in total. The number of carbonyl (C=O) groups is 1. The quantitative estimate of drug-likeness (QED) is 0.834. The van der Waals surface area contributed by atoms with Gasteiger partial charge in [-0.05, 0) is 25.0 Å². The predicted molar refractivity (Wildman–Crippen MR) is 88.9 cm³/mol. The van der Waals surface area contributed by atoms with Gasteiger partial charge in [-0.2, -0.15) is 0 Å². The van der Waals surface area contributed by atoms with E-state index in [1.807, 2.05) is 0 Å². The van der Waals surface area contributed by atoms with Crippen LogP contribution in [0.2, 0.25) is 0 Å². The fourth-order valence-corrected chi connectivity index (χ4v) is 2.95. The Hall–Kier alpha value is -2.54. The van der Waals surface area contributed by atoms with Crippen LogP contribution in [0.25, 0.3) is 0 Å². The fraction of sp³-hybridized carbons (Fsp3) is 0.389. The van der Waals surface area contributed by atoms with Crippen molar-refractivity contribution in [3.63, 3.8) is 0 Å². The van der Waals surface area contributed by atoms with Crippen molar-refractivity contribution in [1.82, 2.24) is 14.9 Å². The van der Waals surface area contributed by atoms with Crippen LogP contribution < -0.4 is 4.74 Å². The number of amides is 1. The third kappa shape index (κ3) is 4.30. The van der Waals surface area contributed by atoms with E-state index >= 15 is 0 Å². The Morgan fingerprint density at radius 1 is 1.28 bits per heavy atom. The minimum atomic E-state index is -0.368. The summed E-state index contributed by atoms with van der Waals surface area (Å²) in [6.07, 6.45) is 4.72. The Labute approximate surface area is 145 Å². The molecule has 0 radical (unpaired) electrons. The van der Waals surface area contributed by atoms with Gasteiger partial charge in [-0.1, -0.05) is 6.07 Å². The van der Waals surface area contributed by atoms with Crippen LogP contribution in [0.4, 0.5) is 4.39 Å². The molecule has 6 nitrogen and oxygen atoms in total. The van der Waals surface area contributed by atoms with Crippen molar-refractivity contribution in [2.75, 3.05) is 26.8 Å². The maximum absolute atomic E-state index is 13.3. The van der Waals surface area contributed by atoms with Gasteiger partial charge in [0, 0.05) is 44.6 Å². The molecule has 0 bridgehead atoms. The average molecular weight is 345 g/mol. The number of rotatable bonds is 5. The lowest BCUT2D eigenvalue weighted by molar-refractivity contribution is -0.136. The summed E-state index contributed by atoms with van der Waals surface area (Å²) in [6, 6.07) is 5.93. The van der Waals surface area contributed by atoms with Gasteiger partial charge in [0.05, 0.1) is 0 Å². The molecule has 3 rings (SSSR count). The Morgan fingerprint density at radius 3 is 2.76 bits per heavy atom. The monoisotopic (exact) mass is 345 g/mol. The summed E-state index contributed by atoms with van der Waals surface area (Å²) in [4.78, 5) is 22.4. The lowest BCUT2D eigenvalue weighted by atomic mass is 9.93. The van der Waals surface area contributed by atoms with Crippen LogP contribution in [0.15, 0.2) is 36.7 Å². The van der Waals surface area contributed by atoms with Gasteiger partial charge in [0.15, 0.2) is 0 Å². The number of ether oxygens (including phenoxy) is 2. The molecule has 0 aliphatic carbocycles. The lowest BCUT2D eigenvalue weighted by Crippen LogP contribution is -2.39. The third-order valence-corrected chi connectivity index (χ3v) is 4.20. The molecular weight excluding hydrogens is 325 g/mol. The standard InChI is InChI=1S/C18H20FN3O3/c1-24-12-16(23)22-9-5-13(6-10-22)17-18(21-8-7-20-17)25-15-4-2-3-14(19)11-15/h2-4,7-8,11,13H,5-6,9-10,12H2,1H3. The SMILES string of the molecule is COCC(=O)N1CCC(c2nccnc2Oc2cccc(F)c2)CC1. The van der Waals surface area contributed by atoms with Crippen LogP contribution in [-0.4, -0.2) is 47.6 Å². The van der Waals surface area contributed by atoms with E-state index in [0.29, 0.717) is 24.7 Å². The zero-order valence-electron chi connectivity index (χ0n) is 14.0. The number of carbonyl (C=O) groups excluding carboxylic acids is 1. The summed E-state index contributed by atoms with van der Waals surface area (Å²) in [6.45, 7) is 1.38. The second kappa shape index (κ2) is 8.02. The normalized spacial score (nSPS) is 15.2. The van der Waals surface area contributed by atoms with Crippen LogP contribution in [-0.2, 0) is 9.53 Å². The van der Waals surface area contributed by atoms with E-state index < -0.39 is 0 Å². The van der Waals surface area contributed by atoms with Crippen molar-refractivity contribution in [3.05, 3.63) is 48.2 Å². The van der Waals surface area contributed by atoms with Crippen molar-refractivity contribution in [1.29, 1.82) is 0 Å². The van der Waals surface area contributed by atoms with Gasteiger partial charge in [-0.25, -0.2) is 9.37 Å². The number of likely N-dealkylation sites (tertiary alicyclic amines) is 1. The van der Waals surface area contributed by atoms with Gasteiger partial charge < -0.3 is 14.4 Å². The highest BCUT2D eigenvalue weighted by atomic mass is 19.1. The minimum absolute atomic E-state index is 0.00340. The van der Waals surface area contributed by atoms with Gasteiger partial charge in [0.25, 0.3) is 0 Å². The van der Waals surface area contributed by atoms with Gasteiger partial charge in [-0.15, -0.1) is 0 Å². The first-order valence-corrected chi connectivity index (χ1v) is 8.18. The van der Waals surface area contributed by atoms with Crippen molar-refractivity contribution in [2.45, 2.75) is 18.8 Å². The Morgan fingerprint density at radius 2 is 2.04 bits per heavy atom. The van der Waals surface area contributed by atoms with E-state index in [2.05, 4.69) is 9.97 Å². The molecule has 2 aromatic rings. The maximum Gasteiger partial charge on any atom is 0.248 e. The molecule has 132 valence electrons. The summed E-state index contributed by atoms with van der Waals surface area (Å²) >= 11 is 0. The molecule has 0 atom stereocenters. The second-order valence-corrected chi connectivity index (χ2v) is 5.89. The molecule has 0 unspecified atom stereocenters. The molecule has 1 aromatic heterocycles. The second-order valence-electron chi connectivity index (χ2n) is 5.89. The zero-order valence-corrected chi connectivity index (χ0v) is 14.0. The topological polar surface area (TPSA) is 64.5 Å². The first-order valence-electron chi connectivity index (χ1n) is 8.18. The Kier molecular flexibility index (Phi) is 5.55. The van der Waals surface area contributed by atoms with Crippen LogP contribution >= 0.6 is 0 Å². The highest BCUT2D eigenvalue weighted by Crippen LogP contribution is 2.33. The molecule has 7 heteroatoms. The van der Waals surface area contributed by atoms with E-state index in [9.17, 15) is 9.18 Å². The lowest BCUT2D eigenvalue weighted by Gasteiger charge is -2.31. The smallest absolute Gasteiger partial charge is 0.248 e. The molecule has 2 heterocycles. The van der Waals surface area contributed by atoms with E-state index in [4.69, 9.17) is 9.47 Å². The van der Waals surface area contributed by atoms with Crippen molar-refractivity contribution in [3.8, 4) is 11.6 Å². The van der Waals surface area contributed by atoms with Crippen molar-refractivity contribution in [2.24, 2.45) is 0 Å². The molecule has 0 saturated carbocycles. The number of aromatic nitrogens is 2. The molecule has 1 saturated heterocycles. The number of hydrogen-bond acceptors (Lipinski definition) is 5. The third-order valence-electron chi connectivity index (χ3n) is 4.20. The summed E-state index contributed by atoms with van der Waals surface area (Å²) in [5, 5.41) is 0. The number of halogens is 1. The summed E-state index contributed by atoms with van der Waals surface area (Å²) in [5.74, 6) is 0.539. The number of methoxy groups -OCH3 is 1. The van der Waals surface area contributed by atoms with E-state index in [-0.39, 0.29) is 24.2 Å². The highest BCUT2D eigenvalue weighted by Gasteiger charge is 2.27. The van der Waals surface area contributed by atoms with Gasteiger partial charge >= 0.3 is 0 Å².